The van der Waals surface area contributed by atoms with E-state index in [1.54, 1.807) is 17.6 Å². The highest BCUT2D eigenvalue weighted by atomic mass is 32.1. The molecule has 0 saturated heterocycles. The number of nitrogens with two attached hydrogens (primary N) is 1. The van der Waals surface area contributed by atoms with Gasteiger partial charge in [-0.05, 0) is 30.2 Å². The van der Waals surface area contributed by atoms with Crippen LogP contribution in [0.15, 0.2) is 35.1 Å². The van der Waals surface area contributed by atoms with Crippen LogP contribution in [0.2, 0.25) is 0 Å². The molecule has 2 N–H and O–H groups in total. The molecule has 0 radical (unpaired) electrons. The molecule has 0 saturated carbocycles. The lowest BCUT2D eigenvalue weighted by atomic mass is 10.1. The highest BCUT2D eigenvalue weighted by molar-refractivity contribution is 7.16. The van der Waals surface area contributed by atoms with Crippen molar-refractivity contribution in [3.05, 3.63) is 35.5 Å². The zero-order valence-corrected chi connectivity index (χ0v) is 10.3. The van der Waals surface area contributed by atoms with E-state index >= 15 is 0 Å². The van der Waals surface area contributed by atoms with Crippen molar-refractivity contribution < 1.29 is 4.42 Å². The van der Waals surface area contributed by atoms with Gasteiger partial charge >= 0.3 is 0 Å². The standard InChI is InChI=1S/C13H12N2OS/c1-2-11-10(6-12(14)17-11)9-5-8-3-4-16-13(8)15-7-9/h3-7H,2,14H2,1H3. The van der Waals surface area contributed by atoms with E-state index in [0.717, 1.165) is 22.4 Å². The molecule has 86 valence electrons. The van der Waals surface area contributed by atoms with Crippen LogP contribution in [-0.4, -0.2) is 4.98 Å². The van der Waals surface area contributed by atoms with E-state index in [9.17, 15) is 0 Å². The molecule has 0 amide bonds. The third-order valence-electron chi connectivity index (χ3n) is 2.77. The predicted molar refractivity (Wildman–Crippen MR) is 71.1 cm³/mol. The molecule has 3 aromatic rings. The Labute approximate surface area is 103 Å². The Morgan fingerprint density at radius 1 is 1.41 bits per heavy atom. The number of rotatable bonds is 2. The maximum atomic E-state index is 5.86. The Morgan fingerprint density at radius 2 is 2.29 bits per heavy atom. The van der Waals surface area contributed by atoms with Gasteiger partial charge in [0.25, 0.3) is 0 Å². The summed E-state index contributed by atoms with van der Waals surface area (Å²) in [6, 6.07) is 6.03. The second kappa shape index (κ2) is 3.89. The van der Waals surface area contributed by atoms with Gasteiger partial charge in [-0.2, -0.15) is 0 Å². The summed E-state index contributed by atoms with van der Waals surface area (Å²) in [7, 11) is 0. The summed E-state index contributed by atoms with van der Waals surface area (Å²) >= 11 is 1.64. The maximum absolute atomic E-state index is 5.86. The summed E-state index contributed by atoms with van der Waals surface area (Å²) in [5, 5.41) is 1.87. The molecule has 17 heavy (non-hydrogen) atoms. The van der Waals surface area contributed by atoms with Crippen molar-refractivity contribution in [1.29, 1.82) is 0 Å². The molecule has 3 rings (SSSR count). The number of aromatic nitrogens is 1. The molecule has 0 unspecified atom stereocenters. The van der Waals surface area contributed by atoms with E-state index in [2.05, 4.69) is 18.0 Å². The van der Waals surface area contributed by atoms with Gasteiger partial charge in [-0.3, -0.25) is 0 Å². The second-order valence-electron chi connectivity index (χ2n) is 3.88. The lowest BCUT2D eigenvalue weighted by Gasteiger charge is -2.00. The molecule has 3 heterocycles. The van der Waals surface area contributed by atoms with Crippen LogP contribution in [-0.2, 0) is 6.42 Å². The van der Waals surface area contributed by atoms with Crippen molar-refractivity contribution in [2.45, 2.75) is 13.3 Å². The molecule has 0 aliphatic rings. The van der Waals surface area contributed by atoms with Gasteiger partial charge in [-0.1, -0.05) is 6.92 Å². The maximum Gasteiger partial charge on any atom is 0.225 e. The van der Waals surface area contributed by atoms with Crippen LogP contribution in [0.4, 0.5) is 5.00 Å². The molecule has 3 nitrogen and oxygen atoms in total. The quantitative estimate of drug-likeness (QED) is 0.747. The van der Waals surface area contributed by atoms with Crippen LogP contribution < -0.4 is 5.73 Å². The smallest absolute Gasteiger partial charge is 0.225 e. The minimum Gasteiger partial charge on any atom is -0.446 e. The number of pyridine rings is 1. The van der Waals surface area contributed by atoms with Gasteiger partial charge < -0.3 is 10.2 Å². The number of anilines is 1. The summed E-state index contributed by atoms with van der Waals surface area (Å²) in [5.41, 5.74) is 8.83. The SMILES string of the molecule is CCc1sc(N)cc1-c1cnc2occc2c1. The van der Waals surface area contributed by atoms with Gasteiger partial charge in [0, 0.05) is 22.0 Å². The van der Waals surface area contributed by atoms with Crippen molar-refractivity contribution in [2.75, 3.05) is 5.73 Å². The number of thiophene rings is 1. The minimum atomic E-state index is 0.676. The highest BCUT2D eigenvalue weighted by Gasteiger charge is 2.10. The number of hydrogen-bond acceptors (Lipinski definition) is 4. The van der Waals surface area contributed by atoms with E-state index in [0.29, 0.717) is 5.71 Å². The molecular weight excluding hydrogens is 232 g/mol. The Morgan fingerprint density at radius 3 is 3.12 bits per heavy atom. The number of hydrogen-bond donors (Lipinski definition) is 1. The fraction of sp³-hybridized carbons (Fsp3) is 0.154. The van der Waals surface area contributed by atoms with Crippen molar-refractivity contribution in [1.82, 2.24) is 4.98 Å². The fourth-order valence-electron chi connectivity index (χ4n) is 1.96. The van der Waals surface area contributed by atoms with E-state index < -0.39 is 0 Å². The van der Waals surface area contributed by atoms with Crippen molar-refractivity contribution >= 4 is 27.4 Å². The van der Waals surface area contributed by atoms with Gasteiger partial charge in [-0.15, -0.1) is 11.3 Å². The third-order valence-corrected chi connectivity index (χ3v) is 3.87. The molecule has 3 aromatic heterocycles. The number of nitrogen functional groups attached to an aromatic ring is 1. The first-order chi connectivity index (χ1) is 8.28. The summed E-state index contributed by atoms with van der Waals surface area (Å²) in [4.78, 5) is 5.60. The van der Waals surface area contributed by atoms with E-state index in [1.165, 1.54) is 10.4 Å². The Kier molecular flexibility index (Phi) is 2.37. The summed E-state index contributed by atoms with van der Waals surface area (Å²) in [6.45, 7) is 2.14. The van der Waals surface area contributed by atoms with Gasteiger partial charge in [-0.25, -0.2) is 4.98 Å². The average Bonchev–Trinajstić information content (AvgIpc) is 2.93. The minimum absolute atomic E-state index is 0.676. The molecule has 4 heteroatoms. The molecule has 0 aromatic carbocycles. The zero-order valence-electron chi connectivity index (χ0n) is 9.43. The van der Waals surface area contributed by atoms with Gasteiger partial charge in [0.15, 0.2) is 0 Å². The van der Waals surface area contributed by atoms with Crippen LogP contribution in [0.5, 0.6) is 0 Å². The molecule has 0 aliphatic carbocycles. The molecule has 0 atom stereocenters. The van der Waals surface area contributed by atoms with E-state index in [-0.39, 0.29) is 0 Å². The van der Waals surface area contributed by atoms with E-state index in [4.69, 9.17) is 10.2 Å². The number of fused-ring (bicyclic) bond motifs is 1. The number of furan rings is 1. The first-order valence-electron chi connectivity index (χ1n) is 5.49. The first-order valence-corrected chi connectivity index (χ1v) is 6.31. The lowest BCUT2D eigenvalue weighted by molar-refractivity contribution is 0.603. The molecule has 0 bridgehead atoms. The third kappa shape index (κ3) is 1.70. The predicted octanol–water partition coefficient (Wildman–Crippen LogP) is 3.70. The van der Waals surface area contributed by atoms with Gasteiger partial charge in [0.1, 0.15) is 0 Å². The zero-order chi connectivity index (χ0) is 11.8. The van der Waals surface area contributed by atoms with Crippen LogP contribution >= 0.6 is 11.3 Å². The van der Waals surface area contributed by atoms with Crippen LogP contribution in [0.3, 0.4) is 0 Å². The van der Waals surface area contributed by atoms with Crippen LogP contribution in [0.25, 0.3) is 22.2 Å². The summed E-state index contributed by atoms with van der Waals surface area (Å²) < 4.78 is 5.24. The molecule has 0 fully saturated rings. The van der Waals surface area contributed by atoms with Crippen molar-refractivity contribution in [2.24, 2.45) is 0 Å². The van der Waals surface area contributed by atoms with Crippen molar-refractivity contribution in [3.8, 4) is 11.1 Å². The average molecular weight is 244 g/mol. The Hall–Kier alpha value is -1.81. The lowest BCUT2D eigenvalue weighted by Crippen LogP contribution is -1.82. The summed E-state index contributed by atoms with van der Waals surface area (Å²) in [6.07, 6.45) is 4.48. The highest BCUT2D eigenvalue weighted by Crippen LogP contribution is 2.34. The molecular formula is C13H12N2OS. The molecule has 0 aliphatic heterocycles. The Bertz CT molecular complexity index is 669. The summed E-state index contributed by atoms with van der Waals surface area (Å²) in [5.74, 6) is 0. The molecule has 0 spiro atoms. The fourth-order valence-corrected chi connectivity index (χ4v) is 2.85. The number of aryl methyl sites for hydroxylation is 1. The van der Waals surface area contributed by atoms with E-state index in [1.807, 2.05) is 18.3 Å². The monoisotopic (exact) mass is 244 g/mol. The number of nitrogens with zero attached hydrogens (tertiary/aromatic N) is 1. The van der Waals surface area contributed by atoms with Crippen molar-refractivity contribution in [3.63, 3.8) is 0 Å². The first kappa shape index (κ1) is 10.4. The van der Waals surface area contributed by atoms with Crippen LogP contribution in [0, 0.1) is 0 Å². The largest absolute Gasteiger partial charge is 0.446 e. The van der Waals surface area contributed by atoms with Crippen LogP contribution in [0.1, 0.15) is 11.8 Å². The normalized spacial score (nSPS) is 11.1. The Balaban J connectivity index is 2.18. The van der Waals surface area contributed by atoms with Gasteiger partial charge in [0.2, 0.25) is 5.71 Å². The topological polar surface area (TPSA) is 52.0 Å². The second-order valence-corrected chi connectivity index (χ2v) is 5.05. The van der Waals surface area contributed by atoms with Gasteiger partial charge in [0.05, 0.1) is 11.3 Å².